The van der Waals surface area contributed by atoms with Crippen LogP contribution in [0.4, 0.5) is 5.69 Å². The predicted octanol–water partition coefficient (Wildman–Crippen LogP) is 2.13. The third-order valence-corrected chi connectivity index (χ3v) is 3.91. The third kappa shape index (κ3) is 2.51. The molecule has 0 aliphatic carbocycles. The van der Waals surface area contributed by atoms with Crippen LogP contribution in [0.1, 0.15) is 23.2 Å². The molecule has 3 rings (SSSR count). The molecular weight excluding hydrogens is 326 g/mol. The van der Waals surface area contributed by atoms with E-state index < -0.39 is 11.7 Å². The van der Waals surface area contributed by atoms with Gasteiger partial charge in [0, 0.05) is 17.4 Å². The zero-order valence-corrected chi connectivity index (χ0v) is 12.4. The zero-order valence-electron chi connectivity index (χ0n) is 10.8. The van der Waals surface area contributed by atoms with E-state index in [0.717, 1.165) is 10.9 Å². The molecular formula is C14H14BrNO4. The molecule has 0 N–H and O–H groups in total. The standard InChI is InChI=1S/C14H14BrNO4/c15-9-2-3-10-11(8-9)16(14(18)13(10)17)5-4-12-19-6-1-7-20-12/h2-3,8,12H,1,4-7H2. The summed E-state index contributed by atoms with van der Waals surface area (Å²) in [6.45, 7) is 1.78. The molecule has 0 unspecified atom stereocenters. The molecule has 5 nitrogen and oxygen atoms in total. The van der Waals surface area contributed by atoms with Gasteiger partial charge in [-0.2, -0.15) is 0 Å². The molecule has 1 fully saturated rings. The Bertz CT molecular complexity index is 554. The quantitative estimate of drug-likeness (QED) is 0.791. The molecule has 2 aliphatic rings. The van der Waals surface area contributed by atoms with Crippen molar-refractivity contribution in [3.63, 3.8) is 0 Å². The molecule has 1 saturated heterocycles. The molecule has 1 aromatic rings. The summed E-state index contributed by atoms with van der Waals surface area (Å²) in [6.07, 6.45) is 1.17. The van der Waals surface area contributed by atoms with E-state index in [2.05, 4.69) is 15.9 Å². The minimum atomic E-state index is -0.478. The first-order chi connectivity index (χ1) is 9.66. The van der Waals surface area contributed by atoms with E-state index in [0.29, 0.717) is 37.4 Å². The van der Waals surface area contributed by atoms with Crippen molar-refractivity contribution in [1.29, 1.82) is 0 Å². The number of carbonyl (C=O) groups excluding carboxylic acids is 2. The number of amides is 1. The van der Waals surface area contributed by atoms with Crippen LogP contribution in [0.15, 0.2) is 22.7 Å². The number of ketones is 1. The maximum atomic E-state index is 12.0. The van der Waals surface area contributed by atoms with Crippen LogP contribution in [0, 0.1) is 0 Å². The Labute approximate surface area is 125 Å². The van der Waals surface area contributed by atoms with E-state index in [9.17, 15) is 9.59 Å². The fraction of sp³-hybridized carbons (Fsp3) is 0.429. The molecule has 0 aromatic heterocycles. The van der Waals surface area contributed by atoms with E-state index in [-0.39, 0.29) is 6.29 Å². The van der Waals surface area contributed by atoms with Gasteiger partial charge in [0.05, 0.1) is 24.5 Å². The molecule has 0 saturated carbocycles. The SMILES string of the molecule is O=C1C(=O)N(CCC2OCCCO2)c2cc(Br)ccc21. The van der Waals surface area contributed by atoms with Gasteiger partial charge in [0.25, 0.3) is 11.7 Å². The molecule has 6 heteroatoms. The van der Waals surface area contributed by atoms with Gasteiger partial charge in [-0.05, 0) is 24.6 Å². The number of rotatable bonds is 3. The van der Waals surface area contributed by atoms with Crippen LogP contribution in [0.3, 0.4) is 0 Å². The van der Waals surface area contributed by atoms with Crippen molar-refractivity contribution in [2.75, 3.05) is 24.7 Å². The second-order valence-electron chi connectivity index (χ2n) is 4.76. The minimum absolute atomic E-state index is 0.289. The van der Waals surface area contributed by atoms with Crippen molar-refractivity contribution in [2.45, 2.75) is 19.1 Å². The van der Waals surface area contributed by atoms with Gasteiger partial charge in [-0.15, -0.1) is 0 Å². The number of Topliss-reactive ketones (excluding diaryl/α,β-unsaturated/α-hetero) is 1. The molecule has 1 aromatic carbocycles. The molecule has 2 aliphatic heterocycles. The highest BCUT2D eigenvalue weighted by Gasteiger charge is 2.36. The summed E-state index contributed by atoms with van der Waals surface area (Å²) in [5, 5.41) is 0. The second kappa shape index (κ2) is 5.63. The van der Waals surface area contributed by atoms with E-state index in [4.69, 9.17) is 9.47 Å². The number of ether oxygens (including phenoxy) is 2. The number of fused-ring (bicyclic) bond motifs is 1. The van der Waals surface area contributed by atoms with Crippen LogP contribution < -0.4 is 4.90 Å². The van der Waals surface area contributed by atoms with Crippen LogP contribution in [0.2, 0.25) is 0 Å². The lowest BCUT2D eigenvalue weighted by Crippen LogP contribution is -2.35. The van der Waals surface area contributed by atoms with Gasteiger partial charge in [0.2, 0.25) is 0 Å². The van der Waals surface area contributed by atoms with E-state index >= 15 is 0 Å². The molecule has 0 spiro atoms. The van der Waals surface area contributed by atoms with Gasteiger partial charge in [-0.1, -0.05) is 15.9 Å². The van der Waals surface area contributed by atoms with Crippen LogP contribution in [0.25, 0.3) is 0 Å². The van der Waals surface area contributed by atoms with Crippen molar-refractivity contribution >= 4 is 33.3 Å². The van der Waals surface area contributed by atoms with Crippen LogP contribution in [-0.2, 0) is 14.3 Å². The number of nitrogens with zero attached hydrogens (tertiary/aromatic N) is 1. The topological polar surface area (TPSA) is 55.8 Å². The van der Waals surface area contributed by atoms with E-state index in [1.807, 2.05) is 0 Å². The highest BCUT2D eigenvalue weighted by Crippen LogP contribution is 2.32. The van der Waals surface area contributed by atoms with Gasteiger partial charge in [0.1, 0.15) is 0 Å². The molecule has 2 heterocycles. The first kappa shape index (κ1) is 13.7. The van der Waals surface area contributed by atoms with E-state index in [1.54, 1.807) is 18.2 Å². The number of hydrogen-bond acceptors (Lipinski definition) is 4. The summed E-state index contributed by atoms with van der Waals surface area (Å²) in [5.41, 5.74) is 1.12. The molecule has 0 bridgehead atoms. The van der Waals surface area contributed by atoms with Gasteiger partial charge in [-0.3, -0.25) is 9.59 Å². The lowest BCUT2D eigenvalue weighted by molar-refractivity contribution is -0.179. The molecule has 1 amide bonds. The largest absolute Gasteiger partial charge is 0.353 e. The number of anilines is 1. The summed E-state index contributed by atoms with van der Waals surface area (Å²) in [7, 11) is 0. The van der Waals surface area contributed by atoms with Crippen molar-refractivity contribution < 1.29 is 19.1 Å². The average Bonchev–Trinajstić information content (AvgIpc) is 2.70. The number of halogens is 1. The lowest BCUT2D eigenvalue weighted by Gasteiger charge is -2.25. The zero-order chi connectivity index (χ0) is 14.1. The van der Waals surface area contributed by atoms with Gasteiger partial charge in [-0.25, -0.2) is 0 Å². The molecule has 0 atom stereocenters. The van der Waals surface area contributed by atoms with Crippen molar-refractivity contribution in [3.8, 4) is 0 Å². The smallest absolute Gasteiger partial charge is 0.299 e. The summed E-state index contributed by atoms with van der Waals surface area (Å²) in [4.78, 5) is 25.4. The summed E-state index contributed by atoms with van der Waals surface area (Å²) in [5.74, 6) is -0.924. The maximum Gasteiger partial charge on any atom is 0.299 e. The Morgan fingerprint density at radius 3 is 2.75 bits per heavy atom. The van der Waals surface area contributed by atoms with Gasteiger partial charge >= 0.3 is 0 Å². The number of hydrogen-bond donors (Lipinski definition) is 0. The highest BCUT2D eigenvalue weighted by molar-refractivity contribution is 9.10. The average molecular weight is 340 g/mol. The van der Waals surface area contributed by atoms with Gasteiger partial charge < -0.3 is 14.4 Å². The number of benzene rings is 1. The number of carbonyl (C=O) groups is 2. The van der Waals surface area contributed by atoms with Crippen LogP contribution in [-0.4, -0.2) is 37.7 Å². The first-order valence-electron chi connectivity index (χ1n) is 6.56. The Balaban J connectivity index is 1.75. The Kier molecular flexibility index (Phi) is 3.87. The summed E-state index contributed by atoms with van der Waals surface area (Å²) < 4.78 is 11.8. The fourth-order valence-electron chi connectivity index (χ4n) is 2.43. The highest BCUT2D eigenvalue weighted by atomic mass is 79.9. The normalized spacial score (nSPS) is 19.6. The Hall–Kier alpha value is -1.24. The summed E-state index contributed by atoms with van der Waals surface area (Å²) in [6, 6.07) is 5.23. The van der Waals surface area contributed by atoms with E-state index in [1.165, 1.54) is 4.90 Å². The Morgan fingerprint density at radius 1 is 1.25 bits per heavy atom. The third-order valence-electron chi connectivity index (χ3n) is 3.42. The summed E-state index contributed by atoms with van der Waals surface area (Å²) >= 11 is 3.36. The van der Waals surface area contributed by atoms with Gasteiger partial charge in [0.15, 0.2) is 6.29 Å². The van der Waals surface area contributed by atoms with Crippen LogP contribution in [0.5, 0.6) is 0 Å². The predicted molar refractivity (Wildman–Crippen MR) is 75.8 cm³/mol. The minimum Gasteiger partial charge on any atom is -0.353 e. The second-order valence-corrected chi connectivity index (χ2v) is 5.68. The van der Waals surface area contributed by atoms with Crippen molar-refractivity contribution in [2.24, 2.45) is 0 Å². The fourth-order valence-corrected chi connectivity index (χ4v) is 2.78. The molecule has 20 heavy (non-hydrogen) atoms. The Morgan fingerprint density at radius 2 is 2.00 bits per heavy atom. The lowest BCUT2D eigenvalue weighted by atomic mass is 10.1. The van der Waals surface area contributed by atoms with Crippen LogP contribution >= 0.6 is 15.9 Å². The molecule has 0 radical (unpaired) electrons. The maximum absolute atomic E-state index is 12.0. The first-order valence-corrected chi connectivity index (χ1v) is 7.35. The van der Waals surface area contributed by atoms with Crippen molar-refractivity contribution in [3.05, 3.63) is 28.2 Å². The van der Waals surface area contributed by atoms with Crippen molar-refractivity contribution in [1.82, 2.24) is 0 Å². The monoisotopic (exact) mass is 339 g/mol. The molecule has 106 valence electrons.